The first-order chi connectivity index (χ1) is 10.1. The van der Waals surface area contributed by atoms with Crippen LogP contribution >= 0.6 is 11.6 Å². The fourth-order valence-electron chi connectivity index (χ4n) is 1.94. The number of aromatic nitrogens is 2. The lowest BCUT2D eigenvalue weighted by Crippen LogP contribution is -1.91. The molecule has 0 aliphatic carbocycles. The molecule has 0 bridgehead atoms. The number of phenols is 1. The lowest BCUT2D eigenvalue weighted by atomic mass is 10.1. The maximum absolute atomic E-state index is 9.26. The van der Waals surface area contributed by atoms with Crippen LogP contribution in [0.3, 0.4) is 0 Å². The minimum absolute atomic E-state index is 0.221. The van der Waals surface area contributed by atoms with E-state index in [-0.39, 0.29) is 5.75 Å². The van der Waals surface area contributed by atoms with E-state index in [1.165, 1.54) is 0 Å². The van der Waals surface area contributed by atoms with Crippen molar-refractivity contribution in [2.45, 2.75) is 6.42 Å². The Morgan fingerprint density at radius 2 is 1.90 bits per heavy atom. The highest BCUT2D eigenvalue weighted by Crippen LogP contribution is 2.28. The number of nitrogen functional groups attached to an aromatic ring is 1. The lowest BCUT2D eigenvalue weighted by molar-refractivity contribution is 0.424. The van der Waals surface area contributed by atoms with Gasteiger partial charge >= 0.3 is 0 Å². The summed E-state index contributed by atoms with van der Waals surface area (Å²) in [6.07, 6.45) is 0.504. The summed E-state index contributed by atoms with van der Waals surface area (Å²) in [5.74, 6) is 1.09. The summed E-state index contributed by atoms with van der Waals surface area (Å²) in [7, 11) is 0. The Kier molecular flexibility index (Phi) is 3.50. The van der Waals surface area contributed by atoms with Crippen molar-refractivity contribution in [2.24, 2.45) is 0 Å². The molecule has 0 radical (unpaired) electrons. The minimum Gasteiger partial charge on any atom is -0.508 e. The molecule has 0 aliphatic rings. The smallest absolute Gasteiger partial charge is 0.259 e. The van der Waals surface area contributed by atoms with Crippen LogP contribution in [0, 0.1) is 0 Å². The third-order valence-electron chi connectivity index (χ3n) is 2.99. The molecule has 21 heavy (non-hydrogen) atoms. The molecule has 106 valence electrons. The van der Waals surface area contributed by atoms with Gasteiger partial charge in [0.25, 0.3) is 5.89 Å². The number of hydrogen-bond acceptors (Lipinski definition) is 5. The minimum atomic E-state index is 0.221. The third-order valence-corrected chi connectivity index (χ3v) is 3.32. The van der Waals surface area contributed by atoms with Crippen LogP contribution < -0.4 is 5.73 Å². The number of hydrogen-bond donors (Lipinski definition) is 2. The van der Waals surface area contributed by atoms with E-state index in [4.69, 9.17) is 21.9 Å². The van der Waals surface area contributed by atoms with Crippen molar-refractivity contribution in [3.63, 3.8) is 0 Å². The molecule has 3 N–H and O–H groups in total. The summed E-state index contributed by atoms with van der Waals surface area (Å²) in [6, 6.07) is 11.9. The lowest BCUT2D eigenvalue weighted by Gasteiger charge is -1.99. The van der Waals surface area contributed by atoms with Gasteiger partial charge in [-0.25, -0.2) is 0 Å². The SMILES string of the molecule is Nc1ccc(Cl)c(-c2nc(Cc3ccc(O)cc3)no2)c1. The molecule has 1 heterocycles. The van der Waals surface area contributed by atoms with Crippen LogP contribution in [0.25, 0.3) is 11.5 Å². The van der Waals surface area contributed by atoms with Crippen molar-refractivity contribution >= 4 is 17.3 Å². The topological polar surface area (TPSA) is 85.2 Å². The van der Waals surface area contributed by atoms with Crippen molar-refractivity contribution in [1.82, 2.24) is 10.1 Å². The average molecular weight is 302 g/mol. The van der Waals surface area contributed by atoms with Crippen molar-refractivity contribution < 1.29 is 9.63 Å². The highest BCUT2D eigenvalue weighted by molar-refractivity contribution is 6.33. The van der Waals surface area contributed by atoms with E-state index < -0.39 is 0 Å². The first kappa shape index (κ1) is 13.5. The molecule has 0 fully saturated rings. The van der Waals surface area contributed by atoms with E-state index in [9.17, 15) is 5.11 Å². The van der Waals surface area contributed by atoms with Crippen molar-refractivity contribution in [2.75, 3.05) is 5.73 Å². The first-order valence-corrected chi connectivity index (χ1v) is 6.65. The van der Waals surface area contributed by atoms with Gasteiger partial charge in [0, 0.05) is 12.1 Å². The zero-order valence-corrected chi connectivity index (χ0v) is 11.7. The van der Waals surface area contributed by atoms with Crippen LogP contribution in [0.1, 0.15) is 11.4 Å². The van der Waals surface area contributed by atoms with Gasteiger partial charge in [-0.1, -0.05) is 28.9 Å². The fourth-order valence-corrected chi connectivity index (χ4v) is 2.14. The van der Waals surface area contributed by atoms with E-state index in [1.54, 1.807) is 42.5 Å². The molecule has 5 nitrogen and oxygen atoms in total. The Morgan fingerprint density at radius 3 is 2.67 bits per heavy atom. The van der Waals surface area contributed by atoms with Gasteiger partial charge in [-0.2, -0.15) is 4.98 Å². The van der Waals surface area contributed by atoms with E-state index in [2.05, 4.69) is 10.1 Å². The molecular weight excluding hydrogens is 290 g/mol. The number of rotatable bonds is 3. The normalized spacial score (nSPS) is 10.7. The molecule has 0 spiro atoms. The zero-order chi connectivity index (χ0) is 14.8. The van der Waals surface area contributed by atoms with Crippen LogP contribution in [0.5, 0.6) is 5.75 Å². The zero-order valence-electron chi connectivity index (χ0n) is 11.0. The van der Waals surface area contributed by atoms with Gasteiger partial charge < -0.3 is 15.4 Å². The standard InChI is InChI=1S/C15H12ClN3O2/c16-13-6-3-10(17)8-12(13)15-18-14(19-21-15)7-9-1-4-11(20)5-2-9/h1-6,8,20H,7,17H2. The molecule has 0 saturated heterocycles. The second-order valence-electron chi connectivity index (χ2n) is 4.60. The number of halogens is 1. The Hall–Kier alpha value is -2.53. The molecule has 0 aliphatic heterocycles. The molecule has 0 saturated carbocycles. The molecule has 6 heteroatoms. The summed E-state index contributed by atoms with van der Waals surface area (Å²) in [4.78, 5) is 4.32. The van der Waals surface area contributed by atoms with Gasteiger partial charge in [0.05, 0.1) is 10.6 Å². The van der Waals surface area contributed by atoms with Gasteiger partial charge in [0.1, 0.15) is 5.75 Å². The predicted molar refractivity (Wildman–Crippen MR) is 80.1 cm³/mol. The fraction of sp³-hybridized carbons (Fsp3) is 0.0667. The molecular formula is C15H12ClN3O2. The van der Waals surface area contributed by atoms with E-state index >= 15 is 0 Å². The summed E-state index contributed by atoms with van der Waals surface area (Å²) in [5.41, 5.74) is 7.90. The van der Waals surface area contributed by atoms with E-state index in [1.807, 2.05) is 0 Å². The Bertz CT molecular complexity index is 769. The maximum atomic E-state index is 9.26. The van der Waals surface area contributed by atoms with Gasteiger partial charge in [0.2, 0.25) is 0 Å². The highest BCUT2D eigenvalue weighted by Gasteiger charge is 2.13. The predicted octanol–water partition coefficient (Wildman–Crippen LogP) is 3.27. The number of benzene rings is 2. The number of phenolic OH excluding ortho intramolecular Hbond substituents is 1. The van der Waals surface area contributed by atoms with Crippen molar-refractivity contribution in [3.8, 4) is 17.2 Å². The summed E-state index contributed by atoms with van der Waals surface area (Å²) in [5, 5.41) is 13.7. The number of nitrogens with zero attached hydrogens (tertiary/aromatic N) is 2. The van der Waals surface area contributed by atoms with Crippen molar-refractivity contribution in [1.29, 1.82) is 0 Å². The van der Waals surface area contributed by atoms with Crippen LogP contribution in [0.4, 0.5) is 5.69 Å². The molecule has 1 aromatic heterocycles. The average Bonchev–Trinajstić information content (AvgIpc) is 2.92. The van der Waals surface area contributed by atoms with Gasteiger partial charge in [-0.3, -0.25) is 0 Å². The summed E-state index contributed by atoms with van der Waals surface area (Å²) >= 11 is 6.11. The molecule has 0 atom stereocenters. The largest absolute Gasteiger partial charge is 0.508 e. The molecule has 0 amide bonds. The van der Waals surface area contributed by atoms with E-state index in [0.717, 1.165) is 5.56 Å². The van der Waals surface area contributed by atoms with Crippen LogP contribution in [-0.2, 0) is 6.42 Å². The molecule has 3 aromatic rings. The Balaban J connectivity index is 1.86. The van der Waals surface area contributed by atoms with Crippen LogP contribution in [-0.4, -0.2) is 15.2 Å². The maximum Gasteiger partial charge on any atom is 0.259 e. The second-order valence-corrected chi connectivity index (χ2v) is 5.01. The van der Waals surface area contributed by atoms with E-state index in [0.29, 0.717) is 34.4 Å². The molecule has 2 aromatic carbocycles. The summed E-state index contributed by atoms with van der Waals surface area (Å²) < 4.78 is 5.23. The van der Waals surface area contributed by atoms with Gasteiger partial charge in [-0.15, -0.1) is 0 Å². The number of anilines is 1. The van der Waals surface area contributed by atoms with Gasteiger partial charge in [0.15, 0.2) is 5.82 Å². The van der Waals surface area contributed by atoms with Crippen LogP contribution in [0.2, 0.25) is 5.02 Å². The van der Waals surface area contributed by atoms with Crippen molar-refractivity contribution in [3.05, 3.63) is 58.9 Å². The first-order valence-electron chi connectivity index (χ1n) is 6.28. The Labute approximate surface area is 126 Å². The quantitative estimate of drug-likeness (QED) is 0.725. The second kappa shape index (κ2) is 5.46. The molecule has 3 rings (SSSR count). The van der Waals surface area contributed by atoms with Gasteiger partial charge in [-0.05, 0) is 35.9 Å². The Morgan fingerprint density at radius 1 is 1.14 bits per heavy atom. The summed E-state index contributed by atoms with van der Waals surface area (Å²) in [6.45, 7) is 0. The highest BCUT2D eigenvalue weighted by atomic mass is 35.5. The monoisotopic (exact) mass is 301 g/mol. The molecule has 0 unspecified atom stereocenters. The number of aromatic hydroxyl groups is 1. The third kappa shape index (κ3) is 2.98. The number of nitrogens with two attached hydrogens (primary N) is 1. The van der Waals surface area contributed by atoms with Crippen LogP contribution in [0.15, 0.2) is 47.0 Å².